The van der Waals surface area contributed by atoms with Gasteiger partial charge in [0.25, 0.3) is 0 Å². The van der Waals surface area contributed by atoms with E-state index in [1.807, 2.05) is 11.9 Å². The summed E-state index contributed by atoms with van der Waals surface area (Å²) in [5.74, 6) is 0.838. The summed E-state index contributed by atoms with van der Waals surface area (Å²) in [6.07, 6.45) is 0. The number of hydrogen-bond acceptors (Lipinski definition) is 8. The molecule has 0 radical (unpaired) electrons. The zero-order valence-corrected chi connectivity index (χ0v) is 17.2. The van der Waals surface area contributed by atoms with Gasteiger partial charge in [-0.05, 0) is 25.2 Å². The highest BCUT2D eigenvalue weighted by molar-refractivity contribution is 7.89. The Labute approximate surface area is 164 Å². The minimum absolute atomic E-state index is 0.00959. The van der Waals surface area contributed by atoms with Crippen molar-refractivity contribution in [3.63, 3.8) is 0 Å². The van der Waals surface area contributed by atoms with Gasteiger partial charge < -0.3 is 19.0 Å². The Morgan fingerprint density at radius 1 is 1.25 bits per heavy atom. The molecule has 3 rings (SSSR count). The average Bonchev–Trinajstić information content (AvgIpc) is 3.12. The van der Waals surface area contributed by atoms with Crippen molar-refractivity contribution in [2.75, 3.05) is 59.3 Å². The van der Waals surface area contributed by atoms with E-state index in [9.17, 15) is 13.7 Å². The number of nitrogens with zero attached hydrogens (tertiary/aromatic N) is 5. The maximum absolute atomic E-state index is 12.6. The van der Waals surface area contributed by atoms with E-state index in [0.29, 0.717) is 11.4 Å². The van der Waals surface area contributed by atoms with Crippen LogP contribution in [0.3, 0.4) is 0 Å². The summed E-state index contributed by atoms with van der Waals surface area (Å²) in [4.78, 5) is 8.47. The third-order valence-corrected chi connectivity index (χ3v) is 6.51. The van der Waals surface area contributed by atoms with E-state index >= 15 is 0 Å². The fourth-order valence-electron chi connectivity index (χ4n) is 2.94. The standard InChI is InChI=1S/C18H23N5O4S/c1-21(2)28(24,25)16-11-13(5-6-15(16)26-4)17-20-14(12-19)18(27-17)23-9-7-22(3)8-10-23/h5-6,11H,7-10H2,1-4H3. The number of benzene rings is 1. The van der Waals surface area contributed by atoms with Crippen LogP contribution in [0.25, 0.3) is 11.5 Å². The molecule has 0 atom stereocenters. The molecule has 0 bridgehead atoms. The molecule has 150 valence electrons. The van der Waals surface area contributed by atoms with E-state index in [1.54, 1.807) is 12.1 Å². The van der Waals surface area contributed by atoms with E-state index in [1.165, 1.54) is 27.3 Å². The molecular weight excluding hydrogens is 382 g/mol. The highest BCUT2D eigenvalue weighted by atomic mass is 32.2. The largest absolute Gasteiger partial charge is 0.495 e. The van der Waals surface area contributed by atoms with Crippen LogP contribution in [-0.2, 0) is 10.0 Å². The molecule has 1 saturated heterocycles. The summed E-state index contributed by atoms with van der Waals surface area (Å²) >= 11 is 0. The van der Waals surface area contributed by atoms with Crippen LogP contribution in [-0.4, -0.2) is 77.0 Å². The molecular formula is C18H23N5O4S. The summed E-state index contributed by atoms with van der Waals surface area (Å²) in [6, 6.07) is 6.74. The lowest BCUT2D eigenvalue weighted by Gasteiger charge is -2.31. The minimum Gasteiger partial charge on any atom is -0.495 e. The molecule has 10 heteroatoms. The first kappa shape index (κ1) is 20.1. The highest BCUT2D eigenvalue weighted by Crippen LogP contribution is 2.33. The Balaban J connectivity index is 2.04. The van der Waals surface area contributed by atoms with E-state index in [4.69, 9.17) is 9.15 Å². The molecule has 0 N–H and O–H groups in total. The number of oxazole rings is 1. The highest BCUT2D eigenvalue weighted by Gasteiger charge is 2.26. The lowest BCUT2D eigenvalue weighted by Crippen LogP contribution is -2.44. The van der Waals surface area contributed by atoms with Gasteiger partial charge in [-0.3, -0.25) is 0 Å². The second-order valence-electron chi connectivity index (χ2n) is 6.73. The zero-order chi connectivity index (χ0) is 20.5. The molecule has 1 aliphatic rings. The molecule has 0 saturated carbocycles. The lowest BCUT2D eigenvalue weighted by molar-refractivity contribution is 0.306. The molecule has 0 amide bonds. The Morgan fingerprint density at radius 3 is 2.50 bits per heavy atom. The van der Waals surface area contributed by atoms with Crippen LogP contribution in [0.5, 0.6) is 5.75 Å². The summed E-state index contributed by atoms with van der Waals surface area (Å²) in [7, 11) is 2.62. The Bertz CT molecular complexity index is 1000. The van der Waals surface area contributed by atoms with E-state index in [2.05, 4.69) is 16.0 Å². The number of anilines is 1. The van der Waals surface area contributed by atoms with Gasteiger partial charge in [-0.1, -0.05) is 0 Å². The summed E-state index contributed by atoms with van der Waals surface area (Å²) < 4.78 is 37.5. The molecule has 1 fully saturated rings. The van der Waals surface area contributed by atoms with Crippen molar-refractivity contribution in [3.8, 4) is 23.3 Å². The molecule has 9 nitrogen and oxygen atoms in total. The number of ether oxygens (including phenoxy) is 1. The zero-order valence-electron chi connectivity index (χ0n) is 16.3. The second-order valence-corrected chi connectivity index (χ2v) is 8.85. The van der Waals surface area contributed by atoms with Crippen molar-refractivity contribution in [1.82, 2.24) is 14.2 Å². The number of piperazine rings is 1. The van der Waals surface area contributed by atoms with Crippen molar-refractivity contribution in [1.29, 1.82) is 5.26 Å². The second kappa shape index (κ2) is 7.79. The summed E-state index contributed by atoms with van der Waals surface area (Å²) in [6.45, 7) is 3.16. The van der Waals surface area contributed by atoms with Crippen LogP contribution >= 0.6 is 0 Å². The van der Waals surface area contributed by atoms with Gasteiger partial charge in [0.15, 0.2) is 0 Å². The number of aromatic nitrogens is 1. The maximum Gasteiger partial charge on any atom is 0.246 e. The fourth-order valence-corrected chi connectivity index (χ4v) is 4.02. The van der Waals surface area contributed by atoms with Gasteiger partial charge in [0.05, 0.1) is 7.11 Å². The van der Waals surface area contributed by atoms with Crippen molar-refractivity contribution in [2.24, 2.45) is 0 Å². The normalized spacial score (nSPS) is 15.6. The van der Waals surface area contributed by atoms with Gasteiger partial charge in [0, 0.05) is 45.8 Å². The van der Waals surface area contributed by atoms with Crippen molar-refractivity contribution in [2.45, 2.75) is 4.90 Å². The van der Waals surface area contributed by atoms with Crippen molar-refractivity contribution in [3.05, 3.63) is 23.9 Å². The molecule has 2 aromatic rings. The molecule has 1 aromatic heterocycles. The Kier molecular flexibility index (Phi) is 5.60. The first-order chi connectivity index (χ1) is 13.3. The van der Waals surface area contributed by atoms with Crippen LogP contribution in [0.2, 0.25) is 0 Å². The summed E-state index contributed by atoms with van der Waals surface area (Å²) in [5, 5.41) is 9.47. The topological polar surface area (TPSA) is 103 Å². The van der Waals surface area contributed by atoms with E-state index in [0.717, 1.165) is 30.5 Å². The van der Waals surface area contributed by atoms with Gasteiger partial charge in [0.1, 0.15) is 16.7 Å². The molecule has 2 heterocycles. The van der Waals surface area contributed by atoms with Crippen LogP contribution < -0.4 is 9.64 Å². The monoisotopic (exact) mass is 405 g/mol. The van der Waals surface area contributed by atoms with Crippen LogP contribution in [0.1, 0.15) is 5.69 Å². The fraction of sp³-hybridized carbons (Fsp3) is 0.444. The minimum atomic E-state index is -3.73. The van der Waals surface area contributed by atoms with Crippen molar-refractivity contribution >= 4 is 15.9 Å². The average molecular weight is 405 g/mol. The first-order valence-electron chi connectivity index (χ1n) is 8.73. The van der Waals surface area contributed by atoms with Crippen LogP contribution in [0.15, 0.2) is 27.5 Å². The molecule has 0 aliphatic carbocycles. The maximum atomic E-state index is 12.6. The van der Waals surface area contributed by atoms with Crippen molar-refractivity contribution < 1.29 is 17.6 Å². The lowest BCUT2D eigenvalue weighted by atomic mass is 10.2. The van der Waals surface area contributed by atoms with Crippen LogP contribution in [0, 0.1) is 11.3 Å². The van der Waals surface area contributed by atoms with Gasteiger partial charge in [0.2, 0.25) is 27.5 Å². The Morgan fingerprint density at radius 2 is 1.93 bits per heavy atom. The number of nitriles is 1. The van der Waals surface area contributed by atoms with Gasteiger partial charge in [-0.2, -0.15) is 10.2 Å². The van der Waals surface area contributed by atoms with E-state index in [-0.39, 0.29) is 22.2 Å². The third-order valence-electron chi connectivity index (χ3n) is 4.67. The molecule has 1 aliphatic heterocycles. The number of hydrogen-bond donors (Lipinski definition) is 0. The van der Waals surface area contributed by atoms with Gasteiger partial charge in [-0.15, -0.1) is 0 Å². The van der Waals surface area contributed by atoms with Gasteiger partial charge in [-0.25, -0.2) is 12.7 Å². The number of methoxy groups -OCH3 is 1. The van der Waals surface area contributed by atoms with Gasteiger partial charge >= 0.3 is 0 Å². The predicted molar refractivity (Wildman–Crippen MR) is 104 cm³/mol. The Hall–Kier alpha value is -2.61. The number of sulfonamides is 1. The van der Waals surface area contributed by atoms with E-state index < -0.39 is 10.0 Å². The molecule has 1 aromatic carbocycles. The third kappa shape index (κ3) is 3.69. The molecule has 0 unspecified atom stereocenters. The quantitative estimate of drug-likeness (QED) is 0.732. The summed E-state index contributed by atoms with van der Waals surface area (Å²) in [5.41, 5.74) is 0.644. The first-order valence-corrected chi connectivity index (χ1v) is 10.2. The number of rotatable bonds is 5. The molecule has 28 heavy (non-hydrogen) atoms. The predicted octanol–water partition coefficient (Wildman–Crippen LogP) is 1.22. The SMILES string of the molecule is COc1ccc(-c2nc(C#N)c(N3CCN(C)CC3)o2)cc1S(=O)(=O)N(C)C. The van der Waals surface area contributed by atoms with Crippen LogP contribution in [0.4, 0.5) is 5.88 Å². The molecule has 0 spiro atoms. The number of likely N-dealkylation sites (N-methyl/N-ethyl adjacent to an activating group) is 1. The smallest absolute Gasteiger partial charge is 0.246 e.